The molecule has 1 aliphatic heterocycles. The summed E-state index contributed by atoms with van der Waals surface area (Å²) < 4.78 is 0. The van der Waals surface area contributed by atoms with Crippen LogP contribution >= 0.6 is 11.3 Å². The average molecular weight is 251 g/mol. The molecule has 94 valence electrons. The molecular formula is C13H21N3S. The summed E-state index contributed by atoms with van der Waals surface area (Å²) >= 11 is 1.79. The van der Waals surface area contributed by atoms with Crippen molar-refractivity contribution < 1.29 is 0 Å². The van der Waals surface area contributed by atoms with Gasteiger partial charge in [-0.2, -0.15) is 0 Å². The zero-order valence-corrected chi connectivity index (χ0v) is 11.3. The molecule has 3 nitrogen and oxygen atoms in total. The Balaban J connectivity index is 1.44. The van der Waals surface area contributed by atoms with Crippen molar-refractivity contribution in [1.82, 2.24) is 15.2 Å². The fourth-order valence-electron chi connectivity index (χ4n) is 2.57. The minimum absolute atomic E-state index is 0.683. The van der Waals surface area contributed by atoms with Crippen LogP contribution in [0.2, 0.25) is 0 Å². The van der Waals surface area contributed by atoms with Crippen molar-refractivity contribution in [2.75, 3.05) is 13.1 Å². The number of likely N-dealkylation sites (tertiary alicyclic amines) is 1. The molecule has 3 rings (SSSR count). The van der Waals surface area contributed by atoms with Gasteiger partial charge in [-0.05, 0) is 25.7 Å². The predicted molar refractivity (Wildman–Crippen MR) is 71.3 cm³/mol. The Labute approximate surface area is 107 Å². The first-order chi connectivity index (χ1) is 8.35. The first-order valence-corrected chi connectivity index (χ1v) is 7.64. The van der Waals surface area contributed by atoms with Crippen LogP contribution in [0.25, 0.3) is 0 Å². The van der Waals surface area contributed by atoms with Crippen LogP contribution in [0.3, 0.4) is 0 Å². The molecule has 1 N–H and O–H groups in total. The second kappa shape index (κ2) is 5.04. The monoisotopic (exact) mass is 251 g/mol. The Morgan fingerprint density at radius 1 is 1.47 bits per heavy atom. The molecule has 0 aromatic carbocycles. The topological polar surface area (TPSA) is 28.2 Å². The van der Waals surface area contributed by atoms with E-state index in [0.717, 1.165) is 19.0 Å². The number of aromatic nitrogens is 1. The second-order valence-electron chi connectivity index (χ2n) is 5.18. The van der Waals surface area contributed by atoms with E-state index in [-0.39, 0.29) is 0 Å². The Morgan fingerprint density at radius 2 is 2.35 bits per heavy atom. The number of rotatable bonds is 5. The summed E-state index contributed by atoms with van der Waals surface area (Å²) in [7, 11) is 0. The lowest BCUT2D eigenvalue weighted by atomic mass is 10.2. The fraction of sp³-hybridized carbons (Fsp3) is 0.769. The third-order valence-corrected chi connectivity index (χ3v) is 4.80. The molecule has 1 aliphatic carbocycles. The van der Waals surface area contributed by atoms with Gasteiger partial charge in [0.25, 0.3) is 0 Å². The predicted octanol–water partition coefficient (Wildman–Crippen LogP) is 2.03. The molecule has 0 amide bonds. The van der Waals surface area contributed by atoms with Crippen LogP contribution in [0, 0.1) is 0 Å². The summed E-state index contributed by atoms with van der Waals surface area (Å²) in [5, 5.41) is 7.10. The number of nitrogens with zero attached hydrogens (tertiary/aromatic N) is 2. The van der Waals surface area contributed by atoms with Crippen molar-refractivity contribution in [3.8, 4) is 0 Å². The quantitative estimate of drug-likeness (QED) is 0.868. The van der Waals surface area contributed by atoms with Crippen molar-refractivity contribution in [3.05, 3.63) is 16.1 Å². The summed E-state index contributed by atoms with van der Waals surface area (Å²) in [5.41, 5.74) is 1.22. The van der Waals surface area contributed by atoms with Crippen LogP contribution in [-0.4, -0.2) is 35.1 Å². The third kappa shape index (κ3) is 2.87. The van der Waals surface area contributed by atoms with E-state index in [2.05, 4.69) is 27.5 Å². The maximum Gasteiger partial charge on any atom is 0.0926 e. The van der Waals surface area contributed by atoms with Crippen molar-refractivity contribution >= 4 is 11.3 Å². The van der Waals surface area contributed by atoms with E-state index in [0.29, 0.717) is 6.04 Å². The highest BCUT2D eigenvalue weighted by Crippen LogP contribution is 2.29. The van der Waals surface area contributed by atoms with Gasteiger partial charge in [0.15, 0.2) is 0 Å². The molecule has 1 aromatic heterocycles. The van der Waals surface area contributed by atoms with Crippen LogP contribution < -0.4 is 5.32 Å². The van der Waals surface area contributed by atoms with Crippen molar-refractivity contribution in [3.63, 3.8) is 0 Å². The Morgan fingerprint density at radius 3 is 3.06 bits per heavy atom. The summed E-state index contributed by atoms with van der Waals surface area (Å²) in [6.45, 7) is 5.65. The van der Waals surface area contributed by atoms with Crippen molar-refractivity contribution in [1.29, 1.82) is 0 Å². The number of aryl methyl sites for hydroxylation is 1. The molecule has 0 spiro atoms. The molecule has 0 bridgehead atoms. The van der Waals surface area contributed by atoms with Crippen LogP contribution in [0.15, 0.2) is 5.38 Å². The Kier molecular flexibility index (Phi) is 3.45. The van der Waals surface area contributed by atoms with Gasteiger partial charge in [0.1, 0.15) is 0 Å². The van der Waals surface area contributed by atoms with E-state index in [1.165, 1.54) is 43.1 Å². The average Bonchev–Trinajstić information content (AvgIpc) is 2.93. The zero-order chi connectivity index (χ0) is 11.7. The lowest BCUT2D eigenvalue weighted by molar-refractivity contribution is 0.317. The van der Waals surface area contributed by atoms with Gasteiger partial charge in [-0.25, -0.2) is 4.98 Å². The Hall–Kier alpha value is -0.450. The molecule has 1 saturated heterocycles. The van der Waals surface area contributed by atoms with Gasteiger partial charge in [-0.1, -0.05) is 6.92 Å². The number of hydrogen-bond donors (Lipinski definition) is 1. The molecule has 2 heterocycles. The summed E-state index contributed by atoms with van der Waals surface area (Å²) in [5.74, 6) is 0. The lowest BCUT2D eigenvalue weighted by Gasteiger charge is -2.15. The number of thiazole rings is 1. The molecular weight excluding hydrogens is 230 g/mol. The summed E-state index contributed by atoms with van der Waals surface area (Å²) in [6.07, 6.45) is 5.22. The maximum atomic E-state index is 4.60. The minimum Gasteiger partial charge on any atom is -0.307 e. The molecule has 4 heteroatoms. The summed E-state index contributed by atoms with van der Waals surface area (Å²) in [6, 6.07) is 1.61. The largest absolute Gasteiger partial charge is 0.307 e. The molecule has 1 saturated carbocycles. The standard InChI is InChI=1S/C13H21N3S/c1-2-13-15-11(9-17-13)7-14-10-5-6-16(8-10)12-3-4-12/h9-10,12,14H,2-8H2,1H3. The Bertz CT molecular complexity index is 372. The van der Waals surface area contributed by atoms with Gasteiger partial charge in [-0.3, -0.25) is 4.90 Å². The van der Waals surface area contributed by atoms with Gasteiger partial charge in [0.2, 0.25) is 0 Å². The van der Waals surface area contributed by atoms with E-state index >= 15 is 0 Å². The van der Waals surface area contributed by atoms with E-state index in [1.807, 2.05) is 0 Å². The second-order valence-corrected chi connectivity index (χ2v) is 6.12. The van der Waals surface area contributed by atoms with E-state index in [4.69, 9.17) is 0 Å². The maximum absolute atomic E-state index is 4.60. The van der Waals surface area contributed by atoms with Gasteiger partial charge < -0.3 is 5.32 Å². The molecule has 1 unspecified atom stereocenters. The van der Waals surface area contributed by atoms with Gasteiger partial charge >= 0.3 is 0 Å². The van der Waals surface area contributed by atoms with Gasteiger partial charge in [-0.15, -0.1) is 11.3 Å². The molecule has 1 aromatic rings. The first-order valence-electron chi connectivity index (χ1n) is 6.76. The number of nitrogens with one attached hydrogen (secondary N) is 1. The molecule has 2 aliphatic rings. The highest BCUT2D eigenvalue weighted by Gasteiger charge is 2.34. The highest BCUT2D eigenvalue weighted by molar-refractivity contribution is 7.09. The lowest BCUT2D eigenvalue weighted by Crippen LogP contribution is -2.32. The normalized spacial score (nSPS) is 25.6. The van der Waals surface area contributed by atoms with E-state index in [1.54, 1.807) is 11.3 Å². The fourth-order valence-corrected chi connectivity index (χ4v) is 3.31. The van der Waals surface area contributed by atoms with E-state index in [9.17, 15) is 0 Å². The van der Waals surface area contributed by atoms with Crippen LogP contribution in [0.1, 0.15) is 36.9 Å². The van der Waals surface area contributed by atoms with Gasteiger partial charge in [0, 0.05) is 37.1 Å². The van der Waals surface area contributed by atoms with Crippen molar-refractivity contribution in [2.45, 2.75) is 51.2 Å². The SMILES string of the molecule is CCc1nc(CNC2CCN(C3CC3)C2)cs1. The van der Waals surface area contributed by atoms with Gasteiger partial charge in [0.05, 0.1) is 10.7 Å². The smallest absolute Gasteiger partial charge is 0.0926 e. The van der Waals surface area contributed by atoms with Crippen LogP contribution in [0.4, 0.5) is 0 Å². The molecule has 17 heavy (non-hydrogen) atoms. The van der Waals surface area contributed by atoms with Crippen LogP contribution in [0.5, 0.6) is 0 Å². The highest BCUT2D eigenvalue weighted by atomic mass is 32.1. The van der Waals surface area contributed by atoms with Crippen LogP contribution in [-0.2, 0) is 13.0 Å². The first kappa shape index (κ1) is 11.6. The molecule has 2 fully saturated rings. The third-order valence-electron chi connectivity index (χ3n) is 3.76. The number of hydrogen-bond acceptors (Lipinski definition) is 4. The van der Waals surface area contributed by atoms with E-state index < -0.39 is 0 Å². The minimum atomic E-state index is 0.683. The van der Waals surface area contributed by atoms with Crippen molar-refractivity contribution in [2.24, 2.45) is 0 Å². The summed E-state index contributed by atoms with van der Waals surface area (Å²) in [4.78, 5) is 7.25. The molecule has 1 atom stereocenters. The zero-order valence-electron chi connectivity index (χ0n) is 10.5. The molecule has 0 radical (unpaired) electrons.